The molecule has 1 aromatic heterocycles. The summed E-state index contributed by atoms with van der Waals surface area (Å²) in [6.45, 7) is 3.91. The summed E-state index contributed by atoms with van der Waals surface area (Å²) in [4.78, 5) is 27.6. The molecule has 0 bridgehead atoms. The van der Waals surface area contributed by atoms with Crippen LogP contribution in [0.5, 0.6) is 0 Å². The van der Waals surface area contributed by atoms with Gasteiger partial charge in [-0.15, -0.1) is 0 Å². The summed E-state index contributed by atoms with van der Waals surface area (Å²) < 4.78 is 9.80. The van der Waals surface area contributed by atoms with Crippen LogP contribution >= 0.6 is 0 Å². The van der Waals surface area contributed by atoms with Gasteiger partial charge in [0.15, 0.2) is 5.92 Å². The van der Waals surface area contributed by atoms with Gasteiger partial charge in [-0.2, -0.15) is 0 Å². The van der Waals surface area contributed by atoms with Crippen LogP contribution in [0, 0.1) is 5.92 Å². The minimum Gasteiger partial charge on any atom is -0.465 e. The molecule has 0 N–H and O–H groups in total. The van der Waals surface area contributed by atoms with E-state index in [0.717, 1.165) is 5.69 Å². The monoisotopic (exact) mass is 265 g/mol. The fourth-order valence-electron chi connectivity index (χ4n) is 1.66. The first kappa shape index (κ1) is 15.1. The normalized spacial score (nSPS) is 10.3. The summed E-state index contributed by atoms with van der Waals surface area (Å²) in [6, 6.07) is 5.54. The van der Waals surface area contributed by atoms with Gasteiger partial charge in [-0.1, -0.05) is 6.07 Å². The van der Waals surface area contributed by atoms with E-state index in [1.165, 1.54) is 0 Å². The van der Waals surface area contributed by atoms with E-state index in [2.05, 4.69) is 4.98 Å². The molecule has 0 saturated carbocycles. The average Bonchev–Trinajstić information content (AvgIpc) is 2.41. The molecule has 0 aliphatic heterocycles. The summed E-state index contributed by atoms with van der Waals surface area (Å²) in [5.41, 5.74) is 0.834. The lowest BCUT2D eigenvalue weighted by Crippen LogP contribution is -2.28. The van der Waals surface area contributed by atoms with E-state index in [4.69, 9.17) is 9.47 Å². The van der Waals surface area contributed by atoms with Crippen LogP contribution in [0.3, 0.4) is 0 Å². The van der Waals surface area contributed by atoms with Gasteiger partial charge in [0.05, 0.1) is 13.2 Å². The zero-order chi connectivity index (χ0) is 14.1. The number of carbonyl (C=O) groups excluding carboxylic acids is 2. The van der Waals surface area contributed by atoms with Gasteiger partial charge in [-0.05, 0) is 38.8 Å². The van der Waals surface area contributed by atoms with Crippen LogP contribution in [0.4, 0.5) is 0 Å². The Morgan fingerprint density at radius 3 is 2.26 bits per heavy atom. The Kier molecular flexibility index (Phi) is 6.57. The second-order valence-corrected chi connectivity index (χ2v) is 3.92. The lowest BCUT2D eigenvalue weighted by Gasteiger charge is -2.13. The fraction of sp³-hybridized carbons (Fsp3) is 0.500. The molecule has 104 valence electrons. The van der Waals surface area contributed by atoms with Crippen molar-refractivity contribution in [3.05, 3.63) is 30.1 Å². The van der Waals surface area contributed by atoms with Crippen LogP contribution in [0.1, 0.15) is 26.0 Å². The van der Waals surface area contributed by atoms with Crippen molar-refractivity contribution < 1.29 is 19.1 Å². The van der Waals surface area contributed by atoms with Gasteiger partial charge in [-0.25, -0.2) is 0 Å². The van der Waals surface area contributed by atoms with E-state index in [0.29, 0.717) is 12.8 Å². The number of pyridine rings is 1. The minimum atomic E-state index is -0.873. The Labute approximate surface area is 112 Å². The summed E-state index contributed by atoms with van der Waals surface area (Å²) in [5.74, 6) is -1.93. The molecule has 1 heterocycles. The Hall–Kier alpha value is -1.91. The number of nitrogens with zero attached hydrogens (tertiary/aromatic N) is 1. The molecule has 0 aromatic carbocycles. The molecule has 1 rings (SSSR count). The summed E-state index contributed by atoms with van der Waals surface area (Å²) in [6.07, 6.45) is 2.55. The van der Waals surface area contributed by atoms with Crippen molar-refractivity contribution in [2.45, 2.75) is 26.7 Å². The number of hydrogen-bond donors (Lipinski definition) is 0. The highest BCUT2D eigenvalue weighted by molar-refractivity contribution is 5.94. The third kappa shape index (κ3) is 5.07. The molecule has 1 aromatic rings. The molecule has 5 nitrogen and oxygen atoms in total. The number of rotatable bonds is 7. The maximum atomic E-state index is 11.7. The molecule has 0 atom stereocenters. The molecule has 0 unspecified atom stereocenters. The van der Waals surface area contributed by atoms with Gasteiger partial charge < -0.3 is 9.47 Å². The number of aryl methyl sites for hydroxylation is 1. The van der Waals surface area contributed by atoms with E-state index in [9.17, 15) is 9.59 Å². The molecule has 0 spiro atoms. The largest absolute Gasteiger partial charge is 0.465 e. The number of hydrogen-bond acceptors (Lipinski definition) is 5. The maximum Gasteiger partial charge on any atom is 0.320 e. The van der Waals surface area contributed by atoms with Crippen molar-refractivity contribution in [1.82, 2.24) is 4.98 Å². The second kappa shape index (κ2) is 8.24. The van der Waals surface area contributed by atoms with Crippen LogP contribution in [-0.4, -0.2) is 30.1 Å². The highest BCUT2D eigenvalue weighted by Gasteiger charge is 2.29. The lowest BCUT2D eigenvalue weighted by molar-refractivity contribution is -0.161. The van der Waals surface area contributed by atoms with Crippen molar-refractivity contribution in [2.24, 2.45) is 5.92 Å². The Morgan fingerprint density at radius 1 is 1.16 bits per heavy atom. The van der Waals surface area contributed by atoms with E-state index >= 15 is 0 Å². The van der Waals surface area contributed by atoms with Crippen molar-refractivity contribution in [3.63, 3.8) is 0 Å². The predicted molar refractivity (Wildman–Crippen MR) is 69.3 cm³/mol. The Balaban J connectivity index is 2.63. The topological polar surface area (TPSA) is 65.5 Å². The molecule has 0 saturated heterocycles. The highest BCUT2D eigenvalue weighted by Crippen LogP contribution is 2.12. The number of esters is 2. The zero-order valence-corrected chi connectivity index (χ0v) is 11.3. The molecule has 0 aliphatic carbocycles. The van der Waals surface area contributed by atoms with E-state index in [1.807, 2.05) is 18.2 Å². The minimum absolute atomic E-state index is 0.248. The van der Waals surface area contributed by atoms with E-state index in [1.54, 1.807) is 20.0 Å². The van der Waals surface area contributed by atoms with Gasteiger partial charge in [0.25, 0.3) is 0 Å². The Bertz CT molecular complexity index is 387. The SMILES string of the molecule is CCOC(=O)C(CCc1ccccn1)C(=O)OCC. The number of carbonyl (C=O) groups is 2. The first-order valence-corrected chi connectivity index (χ1v) is 6.42. The molecular formula is C14H19NO4. The molecule has 0 fully saturated rings. The van der Waals surface area contributed by atoms with Crippen LogP contribution in [0.25, 0.3) is 0 Å². The fourth-order valence-corrected chi connectivity index (χ4v) is 1.66. The van der Waals surface area contributed by atoms with Crippen LogP contribution in [-0.2, 0) is 25.5 Å². The molecule has 0 amide bonds. The third-order valence-corrected chi connectivity index (χ3v) is 2.56. The lowest BCUT2D eigenvalue weighted by atomic mass is 10.0. The van der Waals surface area contributed by atoms with Crippen LogP contribution < -0.4 is 0 Å². The molecule has 0 radical (unpaired) electrons. The van der Waals surface area contributed by atoms with E-state index in [-0.39, 0.29) is 13.2 Å². The van der Waals surface area contributed by atoms with Crippen LogP contribution in [0.15, 0.2) is 24.4 Å². The number of ether oxygens (including phenoxy) is 2. The molecule has 19 heavy (non-hydrogen) atoms. The van der Waals surface area contributed by atoms with Gasteiger partial charge in [-0.3, -0.25) is 14.6 Å². The van der Waals surface area contributed by atoms with Crippen molar-refractivity contribution >= 4 is 11.9 Å². The summed E-state index contributed by atoms with van der Waals surface area (Å²) in [7, 11) is 0. The molecule has 0 aliphatic rings. The van der Waals surface area contributed by atoms with Gasteiger partial charge in [0, 0.05) is 11.9 Å². The van der Waals surface area contributed by atoms with Crippen LogP contribution in [0.2, 0.25) is 0 Å². The Morgan fingerprint density at radius 2 is 1.79 bits per heavy atom. The average molecular weight is 265 g/mol. The van der Waals surface area contributed by atoms with Crippen molar-refractivity contribution in [2.75, 3.05) is 13.2 Å². The van der Waals surface area contributed by atoms with Crippen molar-refractivity contribution in [1.29, 1.82) is 0 Å². The van der Waals surface area contributed by atoms with Crippen molar-refractivity contribution in [3.8, 4) is 0 Å². The summed E-state index contributed by atoms with van der Waals surface area (Å²) >= 11 is 0. The van der Waals surface area contributed by atoms with Gasteiger partial charge in [0.1, 0.15) is 0 Å². The molecule has 5 heteroatoms. The highest BCUT2D eigenvalue weighted by atomic mass is 16.6. The summed E-state index contributed by atoms with van der Waals surface area (Å²) in [5, 5.41) is 0. The van der Waals surface area contributed by atoms with Gasteiger partial charge >= 0.3 is 11.9 Å². The standard InChI is InChI=1S/C14H19NO4/c1-3-18-13(16)12(14(17)19-4-2)9-8-11-7-5-6-10-15-11/h5-7,10,12H,3-4,8-9H2,1-2H3. The predicted octanol–water partition coefficient (Wildman–Crippen LogP) is 1.76. The smallest absolute Gasteiger partial charge is 0.320 e. The first-order chi connectivity index (χ1) is 9.19. The third-order valence-electron chi connectivity index (χ3n) is 2.56. The van der Waals surface area contributed by atoms with Gasteiger partial charge in [0.2, 0.25) is 0 Å². The second-order valence-electron chi connectivity index (χ2n) is 3.92. The first-order valence-electron chi connectivity index (χ1n) is 6.42. The quantitative estimate of drug-likeness (QED) is 0.555. The van der Waals surface area contributed by atoms with E-state index < -0.39 is 17.9 Å². The zero-order valence-electron chi connectivity index (χ0n) is 11.3. The molecular weight excluding hydrogens is 246 g/mol. The number of aromatic nitrogens is 1. The maximum absolute atomic E-state index is 11.7.